The first-order valence-electron chi connectivity index (χ1n) is 3.88. The molecule has 0 amide bonds. The van der Waals surface area contributed by atoms with E-state index >= 15 is 0 Å². The second-order valence-electron chi connectivity index (χ2n) is 2.42. The maximum absolute atomic E-state index is 10.7. The van der Waals surface area contributed by atoms with E-state index in [0.29, 0.717) is 6.42 Å². The van der Waals surface area contributed by atoms with Crippen LogP contribution >= 0.6 is 0 Å². The van der Waals surface area contributed by atoms with E-state index in [1.807, 2.05) is 0 Å². The SMILES string of the molecule is CCCCCC(=O)OC(C)=O.[Cr]. The Morgan fingerprint density at radius 2 is 1.83 bits per heavy atom. The molecular formula is C8H14CrO3. The number of ether oxygens (including phenoxy) is 1. The molecule has 3 nitrogen and oxygen atoms in total. The third-order valence-corrected chi connectivity index (χ3v) is 1.24. The molecule has 0 saturated heterocycles. The zero-order valence-electron chi connectivity index (χ0n) is 7.46. The molecule has 70 valence electrons. The molecule has 0 aliphatic rings. The molecule has 0 aromatic carbocycles. The second-order valence-corrected chi connectivity index (χ2v) is 2.42. The van der Waals surface area contributed by atoms with E-state index in [2.05, 4.69) is 11.7 Å². The standard InChI is InChI=1S/C8H14O3.Cr/c1-3-4-5-6-8(10)11-7(2)9;/h3-6H2,1-2H3;. The molecule has 0 bridgehead atoms. The predicted molar refractivity (Wildman–Crippen MR) is 40.9 cm³/mol. The minimum absolute atomic E-state index is 0. The molecule has 12 heavy (non-hydrogen) atoms. The first kappa shape index (κ1) is 14.2. The predicted octanol–water partition coefficient (Wildman–Crippen LogP) is 1.65. The van der Waals surface area contributed by atoms with Gasteiger partial charge in [-0.2, -0.15) is 0 Å². The van der Waals surface area contributed by atoms with Crippen molar-refractivity contribution < 1.29 is 31.7 Å². The molecular weight excluding hydrogens is 196 g/mol. The minimum Gasteiger partial charge on any atom is -0.393 e. The quantitative estimate of drug-likeness (QED) is 0.402. The molecule has 0 N–H and O–H groups in total. The van der Waals surface area contributed by atoms with Gasteiger partial charge in [-0.25, -0.2) is 0 Å². The van der Waals surface area contributed by atoms with Gasteiger partial charge < -0.3 is 4.74 Å². The van der Waals surface area contributed by atoms with Crippen molar-refractivity contribution in [3.05, 3.63) is 0 Å². The molecule has 0 aliphatic carbocycles. The monoisotopic (exact) mass is 210 g/mol. The largest absolute Gasteiger partial charge is 0.393 e. The average molecular weight is 210 g/mol. The van der Waals surface area contributed by atoms with Gasteiger partial charge in [0.25, 0.3) is 0 Å². The number of esters is 2. The van der Waals surface area contributed by atoms with Crippen LogP contribution in [0, 0.1) is 0 Å². The van der Waals surface area contributed by atoms with Crippen molar-refractivity contribution in [3.63, 3.8) is 0 Å². The Bertz CT molecular complexity index is 145. The van der Waals surface area contributed by atoms with Gasteiger partial charge >= 0.3 is 11.9 Å². The number of carbonyl (C=O) groups is 2. The van der Waals surface area contributed by atoms with Crippen molar-refractivity contribution in [3.8, 4) is 0 Å². The van der Waals surface area contributed by atoms with Crippen LogP contribution in [0.2, 0.25) is 0 Å². The van der Waals surface area contributed by atoms with Gasteiger partial charge in [0.2, 0.25) is 0 Å². The summed E-state index contributed by atoms with van der Waals surface area (Å²) in [5.41, 5.74) is 0. The van der Waals surface area contributed by atoms with Gasteiger partial charge in [-0.05, 0) is 6.42 Å². The Kier molecular flexibility index (Phi) is 10.4. The molecule has 0 spiro atoms. The van der Waals surface area contributed by atoms with Gasteiger partial charge in [-0.3, -0.25) is 9.59 Å². The zero-order chi connectivity index (χ0) is 8.69. The minimum atomic E-state index is -0.522. The van der Waals surface area contributed by atoms with Crippen molar-refractivity contribution in [2.45, 2.75) is 39.5 Å². The molecule has 0 heterocycles. The Hall–Kier alpha value is -0.328. The van der Waals surface area contributed by atoms with Gasteiger partial charge in [0.1, 0.15) is 0 Å². The van der Waals surface area contributed by atoms with Crippen LogP contribution < -0.4 is 0 Å². The molecule has 4 heteroatoms. The summed E-state index contributed by atoms with van der Waals surface area (Å²) in [6.07, 6.45) is 3.23. The van der Waals surface area contributed by atoms with Crippen LogP contribution in [0.15, 0.2) is 0 Å². The first-order valence-corrected chi connectivity index (χ1v) is 3.88. The number of carbonyl (C=O) groups excluding carboxylic acids is 2. The molecule has 0 radical (unpaired) electrons. The van der Waals surface area contributed by atoms with Crippen LogP contribution in [0.4, 0.5) is 0 Å². The molecule has 0 unspecified atom stereocenters. The van der Waals surface area contributed by atoms with E-state index < -0.39 is 11.9 Å². The Balaban J connectivity index is 0. The van der Waals surface area contributed by atoms with Crippen molar-refractivity contribution in [2.24, 2.45) is 0 Å². The van der Waals surface area contributed by atoms with E-state index in [0.717, 1.165) is 19.3 Å². The summed E-state index contributed by atoms with van der Waals surface area (Å²) in [4.78, 5) is 20.9. The topological polar surface area (TPSA) is 43.4 Å². The van der Waals surface area contributed by atoms with E-state index in [1.54, 1.807) is 0 Å². The van der Waals surface area contributed by atoms with E-state index in [1.165, 1.54) is 6.92 Å². The summed E-state index contributed by atoms with van der Waals surface area (Å²) in [7, 11) is 0. The summed E-state index contributed by atoms with van der Waals surface area (Å²) >= 11 is 0. The summed E-state index contributed by atoms with van der Waals surface area (Å²) < 4.78 is 4.32. The normalized spacial score (nSPS) is 8.50. The number of hydrogen-bond acceptors (Lipinski definition) is 3. The maximum atomic E-state index is 10.7. The van der Waals surface area contributed by atoms with Gasteiger partial charge in [0, 0.05) is 30.7 Å². The van der Waals surface area contributed by atoms with Crippen LogP contribution in [0.1, 0.15) is 39.5 Å². The van der Waals surface area contributed by atoms with Crippen molar-refractivity contribution in [2.75, 3.05) is 0 Å². The smallest absolute Gasteiger partial charge is 0.313 e. The second kappa shape index (κ2) is 8.77. The van der Waals surface area contributed by atoms with Crippen molar-refractivity contribution in [1.29, 1.82) is 0 Å². The third-order valence-electron chi connectivity index (χ3n) is 1.24. The number of rotatable bonds is 4. The Morgan fingerprint density at radius 3 is 2.25 bits per heavy atom. The van der Waals surface area contributed by atoms with Crippen LogP contribution in [-0.2, 0) is 31.7 Å². The molecule has 0 rings (SSSR count). The molecule has 0 aromatic heterocycles. The van der Waals surface area contributed by atoms with Gasteiger partial charge in [0.05, 0.1) is 0 Å². The van der Waals surface area contributed by atoms with Crippen LogP contribution in [0.5, 0.6) is 0 Å². The van der Waals surface area contributed by atoms with E-state index in [-0.39, 0.29) is 17.4 Å². The maximum Gasteiger partial charge on any atom is 0.313 e. The van der Waals surface area contributed by atoms with Crippen molar-refractivity contribution in [1.82, 2.24) is 0 Å². The summed E-state index contributed by atoms with van der Waals surface area (Å²) in [5.74, 6) is -0.933. The fraction of sp³-hybridized carbons (Fsp3) is 0.750. The van der Waals surface area contributed by atoms with Crippen LogP contribution in [0.3, 0.4) is 0 Å². The van der Waals surface area contributed by atoms with Gasteiger partial charge in [-0.15, -0.1) is 0 Å². The van der Waals surface area contributed by atoms with E-state index in [9.17, 15) is 9.59 Å². The van der Waals surface area contributed by atoms with Gasteiger partial charge in [0.15, 0.2) is 0 Å². The summed E-state index contributed by atoms with van der Waals surface area (Å²) in [5, 5.41) is 0. The average Bonchev–Trinajstić information content (AvgIpc) is 1.86. The Labute approximate surface area is 83.6 Å². The fourth-order valence-corrected chi connectivity index (χ4v) is 0.731. The molecule has 0 saturated carbocycles. The number of hydrogen-bond donors (Lipinski definition) is 0. The van der Waals surface area contributed by atoms with Gasteiger partial charge in [-0.1, -0.05) is 19.8 Å². The fourth-order valence-electron chi connectivity index (χ4n) is 0.731. The van der Waals surface area contributed by atoms with Crippen LogP contribution in [-0.4, -0.2) is 11.9 Å². The Morgan fingerprint density at radius 1 is 1.25 bits per heavy atom. The summed E-state index contributed by atoms with van der Waals surface area (Å²) in [6, 6.07) is 0. The van der Waals surface area contributed by atoms with Crippen molar-refractivity contribution >= 4 is 11.9 Å². The number of unbranched alkanes of at least 4 members (excludes halogenated alkanes) is 2. The molecule has 0 aliphatic heterocycles. The zero-order valence-corrected chi connectivity index (χ0v) is 8.74. The van der Waals surface area contributed by atoms with Crippen LogP contribution in [0.25, 0.3) is 0 Å². The summed E-state index contributed by atoms with van der Waals surface area (Å²) in [6.45, 7) is 3.29. The first-order chi connectivity index (χ1) is 5.16. The third kappa shape index (κ3) is 9.67. The van der Waals surface area contributed by atoms with E-state index in [4.69, 9.17) is 0 Å². The molecule has 0 atom stereocenters. The molecule has 0 fully saturated rings. The molecule has 0 aromatic rings.